The molecule has 5 heteroatoms. The monoisotopic (exact) mass is 284 g/mol. The van der Waals surface area contributed by atoms with Crippen molar-refractivity contribution >= 4 is 29.0 Å². The third-order valence-electron chi connectivity index (χ3n) is 3.14. The number of aryl methyl sites for hydroxylation is 1. The van der Waals surface area contributed by atoms with Gasteiger partial charge in [-0.1, -0.05) is 37.4 Å². The maximum Gasteiger partial charge on any atom is 0.230 e. The smallest absolute Gasteiger partial charge is 0.230 e. The quantitative estimate of drug-likeness (QED) is 0.681. The highest BCUT2D eigenvalue weighted by molar-refractivity contribution is 8.01. The summed E-state index contributed by atoms with van der Waals surface area (Å²) in [6.07, 6.45) is 7.44. The molecule has 1 aromatic heterocycles. The van der Waals surface area contributed by atoms with Gasteiger partial charge in [0.2, 0.25) is 5.91 Å². The molecule has 0 aromatic carbocycles. The zero-order valence-corrected chi connectivity index (χ0v) is 12.4. The van der Waals surface area contributed by atoms with Gasteiger partial charge in [-0.3, -0.25) is 4.79 Å². The summed E-state index contributed by atoms with van der Waals surface area (Å²) < 4.78 is 0.989. The molecule has 2 rings (SSSR count). The van der Waals surface area contributed by atoms with Crippen molar-refractivity contribution in [2.24, 2.45) is 0 Å². The number of amides is 1. The molecule has 0 unspecified atom stereocenters. The van der Waals surface area contributed by atoms with Crippen LogP contribution in [0.5, 0.6) is 0 Å². The van der Waals surface area contributed by atoms with E-state index in [2.05, 4.69) is 10.3 Å². The van der Waals surface area contributed by atoms with E-state index in [0.29, 0.717) is 11.8 Å². The molecule has 3 nitrogen and oxygen atoms in total. The van der Waals surface area contributed by atoms with Gasteiger partial charge in [-0.05, 0) is 19.8 Å². The molecule has 1 N–H and O–H groups in total. The predicted molar refractivity (Wildman–Crippen MR) is 77.2 cm³/mol. The summed E-state index contributed by atoms with van der Waals surface area (Å²) in [5.74, 6) is 0.642. The van der Waals surface area contributed by atoms with Gasteiger partial charge in [-0.15, -0.1) is 11.3 Å². The Morgan fingerprint density at radius 3 is 2.78 bits per heavy atom. The first-order chi connectivity index (χ1) is 8.74. The van der Waals surface area contributed by atoms with E-state index in [1.807, 2.05) is 12.3 Å². The molecule has 1 aliphatic rings. The van der Waals surface area contributed by atoms with Gasteiger partial charge in [0.1, 0.15) is 0 Å². The van der Waals surface area contributed by atoms with Crippen LogP contribution in [0, 0.1) is 6.92 Å². The number of hydrogen-bond acceptors (Lipinski definition) is 4. The van der Waals surface area contributed by atoms with Crippen LogP contribution in [-0.2, 0) is 4.79 Å². The minimum absolute atomic E-state index is 0.153. The fourth-order valence-electron chi connectivity index (χ4n) is 2.22. The Kier molecular flexibility index (Phi) is 5.50. The van der Waals surface area contributed by atoms with Gasteiger partial charge in [-0.2, -0.15) is 0 Å². The molecule has 1 aliphatic carbocycles. The minimum atomic E-state index is 0.153. The maximum atomic E-state index is 11.8. The van der Waals surface area contributed by atoms with Gasteiger partial charge in [0, 0.05) is 17.1 Å². The van der Waals surface area contributed by atoms with Crippen molar-refractivity contribution < 1.29 is 4.79 Å². The summed E-state index contributed by atoms with van der Waals surface area (Å²) in [6, 6.07) is 0.402. The Morgan fingerprint density at radius 2 is 2.17 bits per heavy atom. The molecule has 0 atom stereocenters. The topological polar surface area (TPSA) is 42.0 Å². The fraction of sp³-hybridized carbons (Fsp3) is 0.692. The highest BCUT2D eigenvalue weighted by atomic mass is 32.2. The number of carbonyl (C=O) groups is 1. The molecule has 1 aromatic rings. The fourth-order valence-corrected chi connectivity index (χ4v) is 3.88. The number of rotatable bonds is 4. The van der Waals surface area contributed by atoms with Crippen LogP contribution in [0.4, 0.5) is 0 Å². The maximum absolute atomic E-state index is 11.8. The van der Waals surface area contributed by atoms with E-state index in [9.17, 15) is 4.79 Å². The van der Waals surface area contributed by atoms with Crippen LogP contribution in [0.25, 0.3) is 0 Å². The van der Waals surface area contributed by atoms with Gasteiger partial charge in [-0.25, -0.2) is 4.98 Å². The Hall–Kier alpha value is -0.550. The number of aromatic nitrogens is 1. The van der Waals surface area contributed by atoms with E-state index in [0.717, 1.165) is 22.9 Å². The molecule has 0 spiro atoms. The van der Waals surface area contributed by atoms with Crippen molar-refractivity contribution in [1.82, 2.24) is 10.3 Å². The van der Waals surface area contributed by atoms with Crippen LogP contribution >= 0.6 is 23.1 Å². The third-order valence-corrected chi connectivity index (χ3v) is 5.28. The molecular weight excluding hydrogens is 264 g/mol. The van der Waals surface area contributed by atoms with E-state index in [1.54, 1.807) is 11.3 Å². The van der Waals surface area contributed by atoms with Gasteiger partial charge in [0.25, 0.3) is 0 Å². The first-order valence-electron chi connectivity index (χ1n) is 6.58. The second kappa shape index (κ2) is 7.14. The summed E-state index contributed by atoms with van der Waals surface area (Å²) in [4.78, 5) is 16.2. The van der Waals surface area contributed by atoms with Crippen LogP contribution in [0.1, 0.15) is 44.2 Å². The summed E-state index contributed by atoms with van der Waals surface area (Å²) in [5, 5.41) is 5.17. The number of thioether (sulfide) groups is 1. The Bertz CT molecular complexity index is 384. The van der Waals surface area contributed by atoms with E-state index in [1.165, 1.54) is 37.4 Å². The van der Waals surface area contributed by atoms with Crippen molar-refractivity contribution in [2.75, 3.05) is 5.75 Å². The number of carbonyl (C=O) groups excluding carboxylic acids is 1. The molecule has 0 saturated heterocycles. The van der Waals surface area contributed by atoms with Gasteiger partial charge >= 0.3 is 0 Å². The number of thiazole rings is 1. The second-order valence-corrected chi connectivity index (χ2v) is 6.88. The molecule has 1 heterocycles. The van der Waals surface area contributed by atoms with E-state index in [4.69, 9.17) is 0 Å². The van der Waals surface area contributed by atoms with E-state index < -0.39 is 0 Å². The average Bonchev–Trinajstić information content (AvgIpc) is 2.60. The standard InChI is InChI=1S/C13H20N2OS2/c1-10-8-17-13(14-10)18-9-12(16)15-11-6-4-2-3-5-7-11/h8,11H,2-7,9H2,1H3,(H,15,16). The average molecular weight is 284 g/mol. The normalized spacial score (nSPS) is 17.4. The third kappa shape index (κ3) is 4.61. The van der Waals surface area contributed by atoms with Crippen LogP contribution in [-0.4, -0.2) is 22.7 Å². The zero-order chi connectivity index (χ0) is 12.8. The number of hydrogen-bond donors (Lipinski definition) is 1. The van der Waals surface area contributed by atoms with Crippen LogP contribution in [0.15, 0.2) is 9.72 Å². The van der Waals surface area contributed by atoms with Crippen molar-refractivity contribution in [3.63, 3.8) is 0 Å². The molecule has 1 amide bonds. The Morgan fingerprint density at radius 1 is 1.44 bits per heavy atom. The molecule has 0 aliphatic heterocycles. The molecule has 0 radical (unpaired) electrons. The zero-order valence-electron chi connectivity index (χ0n) is 10.8. The largest absolute Gasteiger partial charge is 0.353 e. The SMILES string of the molecule is Cc1csc(SCC(=O)NC2CCCCCC2)n1. The second-order valence-electron chi connectivity index (χ2n) is 4.80. The number of nitrogens with zero attached hydrogens (tertiary/aromatic N) is 1. The highest BCUT2D eigenvalue weighted by Gasteiger charge is 2.15. The van der Waals surface area contributed by atoms with Crippen LogP contribution in [0.2, 0.25) is 0 Å². The predicted octanol–water partition coefficient (Wildman–Crippen LogP) is 3.38. The lowest BCUT2D eigenvalue weighted by atomic mass is 10.1. The van der Waals surface area contributed by atoms with Crippen LogP contribution in [0.3, 0.4) is 0 Å². The van der Waals surface area contributed by atoms with Gasteiger partial charge in [0.15, 0.2) is 4.34 Å². The Balaban J connectivity index is 1.71. The van der Waals surface area contributed by atoms with Crippen molar-refractivity contribution in [1.29, 1.82) is 0 Å². The van der Waals surface area contributed by atoms with Gasteiger partial charge < -0.3 is 5.32 Å². The summed E-state index contributed by atoms with van der Waals surface area (Å²) in [6.45, 7) is 1.98. The van der Waals surface area contributed by atoms with Gasteiger partial charge in [0.05, 0.1) is 5.75 Å². The first kappa shape index (κ1) is 13.9. The van der Waals surface area contributed by atoms with Crippen molar-refractivity contribution in [3.8, 4) is 0 Å². The van der Waals surface area contributed by atoms with E-state index >= 15 is 0 Å². The molecule has 100 valence electrons. The lowest BCUT2D eigenvalue weighted by Crippen LogP contribution is -2.35. The first-order valence-corrected chi connectivity index (χ1v) is 8.45. The van der Waals surface area contributed by atoms with E-state index in [-0.39, 0.29) is 5.91 Å². The molecule has 0 bridgehead atoms. The molecular formula is C13H20N2OS2. The molecule has 1 fully saturated rings. The Labute approximate surface area is 117 Å². The summed E-state index contributed by atoms with van der Waals surface area (Å²) in [7, 11) is 0. The van der Waals surface area contributed by atoms with Crippen molar-refractivity contribution in [3.05, 3.63) is 11.1 Å². The molecule has 1 saturated carbocycles. The summed E-state index contributed by atoms with van der Waals surface area (Å²) in [5.41, 5.74) is 1.03. The van der Waals surface area contributed by atoms with Crippen molar-refractivity contribution in [2.45, 2.75) is 55.8 Å². The lowest BCUT2D eigenvalue weighted by Gasteiger charge is -2.15. The van der Waals surface area contributed by atoms with Crippen LogP contribution < -0.4 is 5.32 Å². The minimum Gasteiger partial charge on any atom is -0.353 e. The number of nitrogens with one attached hydrogen (secondary N) is 1. The summed E-state index contributed by atoms with van der Waals surface area (Å²) >= 11 is 3.15. The molecule has 18 heavy (non-hydrogen) atoms. The highest BCUT2D eigenvalue weighted by Crippen LogP contribution is 2.22. The lowest BCUT2D eigenvalue weighted by molar-refractivity contribution is -0.119.